The minimum atomic E-state index is 0.312. The Balaban J connectivity index is 2.36. The molecule has 94 valence electrons. The van der Waals surface area contributed by atoms with Crippen molar-refractivity contribution >= 4 is 11.6 Å². The van der Waals surface area contributed by atoms with Crippen LogP contribution in [0.1, 0.15) is 50.4 Å². The van der Waals surface area contributed by atoms with E-state index in [1.165, 1.54) is 19.3 Å². The highest BCUT2D eigenvalue weighted by atomic mass is 15.2. The third kappa shape index (κ3) is 2.21. The molecule has 2 N–H and O–H groups in total. The summed E-state index contributed by atoms with van der Waals surface area (Å²) in [4.78, 5) is 11.3. The van der Waals surface area contributed by atoms with Crippen LogP contribution in [0.2, 0.25) is 0 Å². The van der Waals surface area contributed by atoms with Crippen LogP contribution in [0.15, 0.2) is 0 Å². The van der Waals surface area contributed by atoms with Gasteiger partial charge in [0, 0.05) is 24.6 Å². The second-order valence-corrected chi connectivity index (χ2v) is 5.27. The molecule has 0 aromatic carbocycles. The fraction of sp³-hybridized carbons (Fsp3) is 0.692. The van der Waals surface area contributed by atoms with E-state index in [1.54, 1.807) is 0 Å². The lowest BCUT2D eigenvalue weighted by Gasteiger charge is -2.36. The molecule has 0 saturated heterocycles. The predicted octanol–water partition coefficient (Wildman–Crippen LogP) is 2.48. The molecule has 0 radical (unpaired) electrons. The van der Waals surface area contributed by atoms with Crippen molar-refractivity contribution in [3.05, 3.63) is 11.4 Å². The quantitative estimate of drug-likeness (QED) is 0.873. The Morgan fingerprint density at radius 3 is 2.41 bits per heavy atom. The average Bonchev–Trinajstić information content (AvgIpc) is 2.18. The van der Waals surface area contributed by atoms with Crippen molar-refractivity contribution in [3.63, 3.8) is 0 Å². The molecule has 1 aromatic heterocycles. The number of rotatable bonds is 3. The molecule has 0 aliphatic heterocycles. The SMILES string of the molecule is Cc1c(N)nc(C(C)C)nc1N(C)C1CCC1. The molecule has 0 amide bonds. The van der Waals surface area contributed by atoms with E-state index in [9.17, 15) is 0 Å². The van der Waals surface area contributed by atoms with Gasteiger partial charge in [-0.2, -0.15) is 0 Å². The molecule has 1 heterocycles. The lowest BCUT2D eigenvalue weighted by atomic mass is 9.91. The first kappa shape index (κ1) is 12.1. The summed E-state index contributed by atoms with van der Waals surface area (Å²) in [6, 6.07) is 0.628. The van der Waals surface area contributed by atoms with Gasteiger partial charge in [-0.05, 0) is 26.2 Å². The van der Waals surface area contributed by atoms with Crippen LogP contribution in [0, 0.1) is 6.92 Å². The third-order valence-electron chi connectivity index (χ3n) is 3.65. The summed E-state index contributed by atoms with van der Waals surface area (Å²) in [6.45, 7) is 6.19. The van der Waals surface area contributed by atoms with Gasteiger partial charge in [-0.15, -0.1) is 0 Å². The van der Waals surface area contributed by atoms with Crippen LogP contribution in [0.25, 0.3) is 0 Å². The highest BCUT2D eigenvalue weighted by Gasteiger charge is 2.25. The van der Waals surface area contributed by atoms with Crippen molar-refractivity contribution in [1.29, 1.82) is 0 Å². The van der Waals surface area contributed by atoms with Crippen LogP contribution in [0.3, 0.4) is 0 Å². The van der Waals surface area contributed by atoms with Crippen LogP contribution in [0.4, 0.5) is 11.6 Å². The van der Waals surface area contributed by atoms with Crippen LogP contribution in [0.5, 0.6) is 0 Å². The standard InChI is InChI=1S/C13H22N4/c1-8(2)12-15-11(14)9(3)13(16-12)17(4)10-6-5-7-10/h8,10H,5-7H2,1-4H3,(H2,14,15,16). The number of hydrogen-bond acceptors (Lipinski definition) is 4. The summed E-state index contributed by atoms with van der Waals surface area (Å²) in [6.07, 6.45) is 3.85. The molecule has 1 saturated carbocycles. The van der Waals surface area contributed by atoms with Crippen LogP contribution < -0.4 is 10.6 Å². The molecule has 0 spiro atoms. The van der Waals surface area contributed by atoms with E-state index in [0.717, 1.165) is 17.2 Å². The van der Waals surface area contributed by atoms with E-state index >= 15 is 0 Å². The molecule has 1 aliphatic rings. The number of hydrogen-bond donors (Lipinski definition) is 1. The van der Waals surface area contributed by atoms with Crippen molar-refractivity contribution in [2.45, 2.75) is 52.0 Å². The van der Waals surface area contributed by atoms with Gasteiger partial charge in [0.2, 0.25) is 0 Å². The smallest absolute Gasteiger partial charge is 0.137 e. The number of nitrogens with two attached hydrogens (primary N) is 1. The zero-order chi connectivity index (χ0) is 12.6. The highest BCUT2D eigenvalue weighted by Crippen LogP contribution is 2.31. The van der Waals surface area contributed by atoms with Gasteiger partial charge < -0.3 is 10.6 Å². The van der Waals surface area contributed by atoms with E-state index in [4.69, 9.17) is 5.73 Å². The highest BCUT2D eigenvalue weighted by molar-refractivity contribution is 5.57. The van der Waals surface area contributed by atoms with Crippen molar-refractivity contribution in [2.24, 2.45) is 0 Å². The van der Waals surface area contributed by atoms with E-state index in [0.29, 0.717) is 17.8 Å². The van der Waals surface area contributed by atoms with E-state index in [-0.39, 0.29) is 0 Å². The maximum atomic E-state index is 5.98. The summed E-state index contributed by atoms with van der Waals surface area (Å²) in [5, 5.41) is 0. The molecule has 0 bridgehead atoms. The molecule has 4 heteroatoms. The molecule has 0 atom stereocenters. The third-order valence-corrected chi connectivity index (χ3v) is 3.65. The van der Waals surface area contributed by atoms with Crippen LogP contribution in [-0.4, -0.2) is 23.1 Å². The van der Waals surface area contributed by atoms with Gasteiger partial charge in [-0.1, -0.05) is 13.8 Å². The minimum absolute atomic E-state index is 0.312. The van der Waals surface area contributed by atoms with Gasteiger partial charge in [-0.25, -0.2) is 9.97 Å². The summed E-state index contributed by atoms with van der Waals surface area (Å²) in [7, 11) is 2.11. The normalized spacial score (nSPS) is 16.1. The first-order valence-corrected chi connectivity index (χ1v) is 6.37. The number of nitrogens with zero attached hydrogens (tertiary/aromatic N) is 3. The molecular weight excluding hydrogens is 212 g/mol. The first-order chi connectivity index (χ1) is 8.00. The zero-order valence-corrected chi connectivity index (χ0v) is 11.2. The van der Waals surface area contributed by atoms with Crippen LogP contribution >= 0.6 is 0 Å². The Labute approximate surface area is 103 Å². The van der Waals surface area contributed by atoms with Crippen molar-refractivity contribution in [3.8, 4) is 0 Å². The van der Waals surface area contributed by atoms with Gasteiger partial charge >= 0.3 is 0 Å². The molecule has 1 fully saturated rings. The van der Waals surface area contributed by atoms with E-state index < -0.39 is 0 Å². The molecule has 4 nitrogen and oxygen atoms in total. The fourth-order valence-corrected chi connectivity index (χ4v) is 2.09. The van der Waals surface area contributed by atoms with Crippen molar-refractivity contribution in [2.75, 3.05) is 17.7 Å². The zero-order valence-electron chi connectivity index (χ0n) is 11.2. The van der Waals surface area contributed by atoms with Gasteiger partial charge in [-0.3, -0.25) is 0 Å². The maximum absolute atomic E-state index is 5.98. The topological polar surface area (TPSA) is 55.0 Å². The summed E-state index contributed by atoms with van der Waals surface area (Å²) in [5.41, 5.74) is 6.98. The van der Waals surface area contributed by atoms with Gasteiger partial charge in [0.05, 0.1) is 0 Å². The fourth-order valence-electron chi connectivity index (χ4n) is 2.09. The van der Waals surface area contributed by atoms with E-state index in [1.807, 2.05) is 6.92 Å². The largest absolute Gasteiger partial charge is 0.383 e. The molecule has 1 aliphatic carbocycles. The van der Waals surface area contributed by atoms with Crippen LogP contribution in [-0.2, 0) is 0 Å². The number of aromatic nitrogens is 2. The molecule has 0 unspecified atom stereocenters. The lowest BCUT2D eigenvalue weighted by molar-refractivity contribution is 0.398. The summed E-state index contributed by atoms with van der Waals surface area (Å²) >= 11 is 0. The maximum Gasteiger partial charge on any atom is 0.137 e. The minimum Gasteiger partial charge on any atom is -0.383 e. The molecule has 17 heavy (non-hydrogen) atoms. The van der Waals surface area contributed by atoms with E-state index in [2.05, 4.69) is 35.8 Å². The summed E-state index contributed by atoms with van der Waals surface area (Å²) in [5.74, 6) is 2.77. The Morgan fingerprint density at radius 2 is 1.94 bits per heavy atom. The number of nitrogen functional groups attached to an aromatic ring is 1. The van der Waals surface area contributed by atoms with Gasteiger partial charge in [0.15, 0.2) is 0 Å². The Morgan fingerprint density at radius 1 is 1.29 bits per heavy atom. The van der Waals surface area contributed by atoms with Gasteiger partial charge in [0.25, 0.3) is 0 Å². The Kier molecular flexibility index (Phi) is 3.22. The monoisotopic (exact) mass is 234 g/mol. The second kappa shape index (κ2) is 4.51. The summed E-state index contributed by atoms with van der Waals surface area (Å²) < 4.78 is 0. The second-order valence-electron chi connectivity index (χ2n) is 5.27. The predicted molar refractivity (Wildman–Crippen MR) is 71.3 cm³/mol. The first-order valence-electron chi connectivity index (χ1n) is 6.37. The number of anilines is 2. The van der Waals surface area contributed by atoms with Gasteiger partial charge in [0.1, 0.15) is 17.5 Å². The molecular formula is C13H22N4. The van der Waals surface area contributed by atoms with Crippen molar-refractivity contribution < 1.29 is 0 Å². The Hall–Kier alpha value is -1.32. The average molecular weight is 234 g/mol. The Bertz CT molecular complexity index is 410. The molecule has 1 aromatic rings. The lowest BCUT2D eigenvalue weighted by Crippen LogP contribution is -2.38. The molecule has 2 rings (SSSR count). The van der Waals surface area contributed by atoms with Crippen molar-refractivity contribution in [1.82, 2.24) is 9.97 Å².